The van der Waals surface area contributed by atoms with Gasteiger partial charge in [-0.05, 0) is 29.8 Å². The SMILES string of the molecule is O=c1nc(Nc2cccc3c(O)cccc23)n(Cc2ccc(F)c(Cl)c2)cc1F. The van der Waals surface area contributed by atoms with Crippen molar-refractivity contribution in [3.05, 3.63) is 93.4 Å². The average molecular weight is 414 g/mol. The van der Waals surface area contributed by atoms with Crippen molar-refractivity contribution >= 4 is 34.0 Å². The fraction of sp³-hybridized carbons (Fsp3) is 0.0476. The van der Waals surface area contributed by atoms with E-state index < -0.39 is 17.2 Å². The summed E-state index contributed by atoms with van der Waals surface area (Å²) in [5, 5.41) is 14.3. The number of hydrogen-bond acceptors (Lipinski definition) is 4. The van der Waals surface area contributed by atoms with E-state index in [1.807, 2.05) is 0 Å². The van der Waals surface area contributed by atoms with Crippen molar-refractivity contribution in [2.45, 2.75) is 6.54 Å². The van der Waals surface area contributed by atoms with Crippen molar-refractivity contribution in [3.8, 4) is 5.75 Å². The van der Waals surface area contributed by atoms with Crippen LogP contribution in [0.2, 0.25) is 5.02 Å². The van der Waals surface area contributed by atoms with Crippen LogP contribution in [0.1, 0.15) is 5.56 Å². The van der Waals surface area contributed by atoms with Crippen LogP contribution in [0.4, 0.5) is 20.4 Å². The summed E-state index contributed by atoms with van der Waals surface area (Å²) in [5.41, 5.74) is 0.159. The first-order valence-electron chi connectivity index (χ1n) is 8.61. The predicted octanol–water partition coefficient (Wildman–Crippen LogP) is 4.83. The summed E-state index contributed by atoms with van der Waals surface area (Å²) in [6, 6.07) is 14.4. The molecule has 0 fully saturated rings. The van der Waals surface area contributed by atoms with E-state index in [1.165, 1.54) is 22.8 Å². The van der Waals surface area contributed by atoms with E-state index in [1.54, 1.807) is 36.4 Å². The Balaban J connectivity index is 1.78. The van der Waals surface area contributed by atoms with Crippen LogP contribution in [0.15, 0.2) is 65.6 Å². The van der Waals surface area contributed by atoms with E-state index in [-0.39, 0.29) is 23.3 Å². The number of halogens is 3. The van der Waals surface area contributed by atoms with Gasteiger partial charge < -0.3 is 15.0 Å². The highest BCUT2D eigenvalue weighted by molar-refractivity contribution is 6.30. The first kappa shape index (κ1) is 18.9. The standard InChI is InChI=1S/C21H14ClF2N3O2/c22-15-9-12(7-8-16(15)23)10-27-11-17(24)20(29)26-21(27)25-18-5-1-4-14-13(18)3-2-6-19(14)28/h1-9,11,28H,10H2,(H,25,26,29). The second-order valence-electron chi connectivity index (χ2n) is 6.40. The number of benzene rings is 3. The molecule has 0 spiro atoms. The number of anilines is 2. The van der Waals surface area contributed by atoms with Crippen molar-refractivity contribution in [3.63, 3.8) is 0 Å². The molecule has 0 aliphatic carbocycles. The first-order valence-corrected chi connectivity index (χ1v) is 8.99. The third-order valence-corrected chi connectivity index (χ3v) is 4.73. The molecule has 0 saturated heterocycles. The number of phenols is 1. The van der Waals surface area contributed by atoms with Gasteiger partial charge in [-0.2, -0.15) is 9.37 Å². The lowest BCUT2D eigenvalue weighted by molar-refractivity contribution is 0.481. The topological polar surface area (TPSA) is 67.2 Å². The normalized spacial score (nSPS) is 11.0. The molecule has 0 aliphatic rings. The lowest BCUT2D eigenvalue weighted by Gasteiger charge is -2.16. The summed E-state index contributed by atoms with van der Waals surface area (Å²) >= 11 is 5.82. The Bertz CT molecular complexity index is 1290. The lowest BCUT2D eigenvalue weighted by atomic mass is 10.1. The maximum atomic E-state index is 13.9. The second kappa shape index (κ2) is 7.52. The number of aromatic hydroxyl groups is 1. The van der Waals surface area contributed by atoms with Crippen LogP contribution in [0.3, 0.4) is 0 Å². The van der Waals surface area contributed by atoms with Crippen LogP contribution >= 0.6 is 11.6 Å². The molecule has 1 heterocycles. The van der Waals surface area contributed by atoms with Gasteiger partial charge in [0.1, 0.15) is 11.6 Å². The lowest BCUT2D eigenvalue weighted by Crippen LogP contribution is -2.20. The summed E-state index contributed by atoms with van der Waals surface area (Å²) in [7, 11) is 0. The van der Waals surface area contributed by atoms with Gasteiger partial charge >= 0.3 is 5.56 Å². The minimum atomic E-state index is -1.01. The van der Waals surface area contributed by atoms with E-state index in [9.17, 15) is 18.7 Å². The minimum Gasteiger partial charge on any atom is -0.507 e. The molecule has 3 aromatic carbocycles. The molecular formula is C21H14ClF2N3O2. The number of rotatable bonds is 4. The fourth-order valence-corrected chi connectivity index (χ4v) is 3.25. The highest BCUT2D eigenvalue weighted by Crippen LogP contribution is 2.31. The zero-order valence-electron chi connectivity index (χ0n) is 14.9. The van der Waals surface area contributed by atoms with Gasteiger partial charge in [0.25, 0.3) is 0 Å². The van der Waals surface area contributed by atoms with Gasteiger partial charge in [-0.1, -0.05) is 41.9 Å². The molecule has 4 aromatic rings. The van der Waals surface area contributed by atoms with E-state index in [4.69, 9.17) is 11.6 Å². The van der Waals surface area contributed by atoms with Gasteiger partial charge in [-0.15, -0.1) is 0 Å². The number of fused-ring (bicyclic) bond motifs is 1. The first-order chi connectivity index (χ1) is 13.9. The van der Waals surface area contributed by atoms with Crippen LogP contribution in [-0.2, 0) is 6.54 Å². The molecule has 0 aliphatic heterocycles. The van der Waals surface area contributed by atoms with Gasteiger partial charge in [0, 0.05) is 22.7 Å². The van der Waals surface area contributed by atoms with Crippen LogP contribution in [0, 0.1) is 11.6 Å². The maximum absolute atomic E-state index is 13.9. The largest absolute Gasteiger partial charge is 0.507 e. The smallest absolute Gasteiger partial charge is 0.310 e. The summed E-state index contributed by atoms with van der Waals surface area (Å²) in [6.07, 6.45) is 1.03. The average Bonchev–Trinajstić information content (AvgIpc) is 2.69. The molecule has 0 unspecified atom stereocenters. The third-order valence-electron chi connectivity index (χ3n) is 4.44. The highest BCUT2D eigenvalue weighted by Gasteiger charge is 2.12. The molecule has 8 heteroatoms. The van der Waals surface area contributed by atoms with Crippen LogP contribution < -0.4 is 10.9 Å². The van der Waals surface area contributed by atoms with Crippen molar-refractivity contribution in [1.82, 2.24) is 9.55 Å². The predicted molar refractivity (Wildman–Crippen MR) is 108 cm³/mol. The van der Waals surface area contributed by atoms with Gasteiger partial charge in [0.05, 0.1) is 11.6 Å². The second-order valence-corrected chi connectivity index (χ2v) is 6.80. The van der Waals surface area contributed by atoms with Crippen LogP contribution in [-0.4, -0.2) is 14.7 Å². The third kappa shape index (κ3) is 3.77. The Morgan fingerprint density at radius 2 is 1.79 bits per heavy atom. The quantitative estimate of drug-likeness (QED) is 0.503. The summed E-state index contributed by atoms with van der Waals surface area (Å²) in [4.78, 5) is 15.6. The van der Waals surface area contributed by atoms with Gasteiger partial charge in [0.2, 0.25) is 11.8 Å². The Kier molecular flexibility index (Phi) is 4.90. The molecule has 5 nitrogen and oxygen atoms in total. The molecular weight excluding hydrogens is 400 g/mol. The monoisotopic (exact) mass is 413 g/mol. The molecule has 0 bridgehead atoms. The fourth-order valence-electron chi connectivity index (χ4n) is 3.04. The van der Waals surface area contributed by atoms with Crippen molar-refractivity contribution < 1.29 is 13.9 Å². The Morgan fingerprint density at radius 1 is 1.03 bits per heavy atom. The van der Waals surface area contributed by atoms with Crippen LogP contribution in [0.25, 0.3) is 10.8 Å². The molecule has 29 heavy (non-hydrogen) atoms. The number of aromatic nitrogens is 2. The van der Waals surface area contributed by atoms with E-state index in [0.717, 1.165) is 6.20 Å². The Labute approximate surface area is 168 Å². The summed E-state index contributed by atoms with van der Waals surface area (Å²) < 4.78 is 28.7. The van der Waals surface area contributed by atoms with Crippen molar-refractivity contribution in [2.24, 2.45) is 0 Å². The number of nitrogens with one attached hydrogen (secondary N) is 1. The summed E-state index contributed by atoms with van der Waals surface area (Å²) in [6.45, 7) is 0.0998. The van der Waals surface area contributed by atoms with Gasteiger partial charge in [-0.25, -0.2) is 4.39 Å². The van der Waals surface area contributed by atoms with Crippen molar-refractivity contribution in [2.75, 3.05) is 5.32 Å². The minimum absolute atomic E-state index is 0.0592. The Morgan fingerprint density at radius 3 is 2.59 bits per heavy atom. The molecule has 0 saturated carbocycles. The molecule has 0 amide bonds. The number of phenolic OH excluding ortho intramolecular Hbond substituents is 1. The molecule has 146 valence electrons. The number of nitrogens with zero attached hydrogens (tertiary/aromatic N) is 2. The van der Waals surface area contributed by atoms with E-state index >= 15 is 0 Å². The molecule has 1 aromatic heterocycles. The zero-order valence-corrected chi connectivity index (χ0v) is 15.6. The molecule has 0 atom stereocenters. The maximum Gasteiger partial charge on any atom is 0.310 e. The molecule has 2 N–H and O–H groups in total. The van der Waals surface area contributed by atoms with Gasteiger partial charge in [0.15, 0.2) is 0 Å². The Hall–Kier alpha value is -3.45. The zero-order chi connectivity index (χ0) is 20.5. The summed E-state index contributed by atoms with van der Waals surface area (Å²) in [5.74, 6) is -1.38. The number of hydrogen-bond donors (Lipinski definition) is 2. The molecule has 0 radical (unpaired) electrons. The van der Waals surface area contributed by atoms with Gasteiger partial charge in [-0.3, -0.25) is 4.79 Å². The molecule has 4 rings (SSSR count). The van der Waals surface area contributed by atoms with Crippen LogP contribution in [0.5, 0.6) is 5.75 Å². The van der Waals surface area contributed by atoms with E-state index in [2.05, 4.69) is 10.3 Å². The van der Waals surface area contributed by atoms with Crippen molar-refractivity contribution in [1.29, 1.82) is 0 Å². The van der Waals surface area contributed by atoms with E-state index in [0.29, 0.717) is 22.0 Å². The highest BCUT2D eigenvalue weighted by atomic mass is 35.5.